The van der Waals surface area contributed by atoms with Crippen LogP contribution in [0, 0.1) is 11.3 Å². The number of carboxylic acids is 1. The average molecular weight is 291 g/mol. The second-order valence-corrected chi connectivity index (χ2v) is 6.05. The van der Waals surface area contributed by atoms with Gasteiger partial charge in [-0.1, -0.05) is 39.3 Å². The SMILES string of the molecule is CCCc1ccc(NC(=O)CC(C)(C(=O)O)C(C)C)cc1. The molecular weight excluding hydrogens is 266 g/mol. The van der Waals surface area contributed by atoms with Gasteiger partial charge >= 0.3 is 5.97 Å². The molecular formula is C17H25NO3. The molecule has 0 saturated carbocycles. The minimum atomic E-state index is -1.05. The van der Waals surface area contributed by atoms with E-state index in [1.54, 1.807) is 6.92 Å². The second kappa shape index (κ2) is 7.25. The molecule has 4 heteroatoms. The van der Waals surface area contributed by atoms with Crippen LogP contribution >= 0.6 is 0 Å². The quantitative estimate of drug-likeness (QED) is 0.804. The molecule has 0 saturated heterocycles. The Hall–Kier alpha value is -1.84. The molecule has 0 aliphatic carbocycles. The molecule has 116 valence electrons. The summed E-state index contributed by atoms with van der Waals surface area (Å²) in [6.07, 6.45) is 2.06. The van der Waals surface area contributed by atoms with Crippen molar-refractivity contribution in [3.8, 4) is 0 Å². The third-order valence-corrected chi connectivity index (χ3v) is 4.07. The number of nitrogens with one attached hydrogen (secondary N) is 1. The Kier molecular flexibility index (Phi) is 5.94. The van der Waals surface area contributed by atoms with Crippen molar-refractivity contribution in [2.24, 2.45) is 11.3 Å². The van der Waals surface area contributed by atoms with Crippen LogP contribution in [0.5, 0.6) is 0 Å². The fourth-order valence-corrected chi connectivity index (χ4v) is 2.11. The second-order valence-electron chi connectivity index (χ2n) is 6.05. The molecule has 1 aromatic carbocycles. The molecule has 0 bridgehead atoms. The molecule has 0 radical (unpaired) electrons. The van der Waals surface area contributed by atoms with E-state index in [1.165, 1.54) is 5.56 Å². The van der Waals surface area contributed by atoms with Crippen molar-refractivity contribution in [3.05, 3.63) is 29.8 Å². The van der Waals surface area contributed by atoms with E-state index in [1.807, 2.05) is 38.1 Å². The normalized spacial score (nSPS) is 13.8. The van der Waals surface area contributed by atoms with Crippen molar-refractivity contribution in [2.45, 2.75) is 47.0 Å². The van der Waals surface area contributed by atoms with Crippen LogP contribution in [-0.4, -0.2) is 17.0 Å². The van der Waals surface area contributed by atoms with Crippen LogP contribution in [-0.2, 0) is 16.0 Å². The summed E-state index contributed by atoms with van der Waals surface area (Å²) in [6.45, 7) is 7.38. The Morgan fingerprint density at radius 3 is 2.24 bits per heavy atom. The standard InChI is InChI=1S/C17H25NO3/c1-5-6-13-7-9-14(10-8-13)18-15(19)11-17(4,12(2)3)16(20)21/h7-10,12H,5-6,11H2,1-4H3,(H,18,19)(H,20,21). The summed E-state index contributed by atoms with van der Waals surface area (Å²) in [5.74, 6) is -1.32. The maximum absolute atomic E-state index is 12.1. The van der Waals surface area contributed by atoms with Crippen molar-refractivity contribution in [1.29, 1.82) is 0 Å². The number of hydrogen-bond acceptors (Lipinski definition) is 2. The summed E-state index contributed by atoms with van der Waals surface area (Å²) in [5, 5.41) is 12.1. The smallest absolute Gasteiger partial charge is 0.310 e. The lowest BCUT2D eigenvalue weighted by Gasteiger charge is -2.28. The predicted octanol–water partition coefficient (Wildman–Crippen LogP) is 3.71. The number of aliphatic carboxylic acids is 1. The Morgan fingerprint density at radius 1 is 1.24 bits per heavy atom. The maximum atomic E-state index is 12.1. The Bertz CT molecular complexity index is 493. The van der Waals surface area contributed by atoms with Crippen molar-refractivity contribution >= 4 is 17.6 Å². The Balaban J connectivity index is 2.70. The Labute approximate surface area is 126 Å². The third-order valence-electron chi connectivity index (χ3n) is 4.07. The largest absolute Gasteiger partial charge is 0.481 e. The molecule has 0 aromatic heterocycles. The lowest BCUT2D eigenvalue weighted by Crippen LogP contribution is -2.37. The van der Waals surface area contributed by atoms with E-state index >= 15 is 0 Å². The monoisotopic (exact) mass is 291 g/mol. The number of hydrogen-bond donors (Lipinski definition) is 2. The molecule has 0 aliphatic rings. The van der Waals surface area contributed by atoms with E-state index in [2.05, 4.69) is 12.2 Å². The number of carbonyl (C=O) groups is 2. The van der Waals surface area contributed by atoms with E-state index in [4.69, 9.17) is 0 Å². The van der Waals surface area contributed by atoms with E-state index in [9.17, 15) is 14.7 Å². The van der Waals surface area contributed by atoms with Crippen molar-refractivity contribution in [1.82, 2.24) is 0 Å². The van der Waals surface area contributed by atoms with Crippen LogP contribution in [0.25, 0.3) is 0 Å². The molecule has 1 rings (SSSR count). The van der Waals surface area contributed by atoms with Gasteiger partial charge in [-0.2, -0.15) is 0 Å². The fraction of sp³-hybridized carbons (Fsp3) is 0.529. The molecule has 1 atom stereocenters. The fourth-order valence-electron chi connectivity index (χ4n) is 2.11. The number of rotatable bonds is 7. The summed E-state index contributed by atoms with van der Waals surface area (Å²) in [7, 11) is 0. The number of anilines is 1. The van der Waals surface area contributed by atoms with Crippen LogP contribution in [0.4, 0.5) is 5.69 Å². The minimum Gasteiger partial charge on any atom is -0.481 e. The van der Waals surface area contributed by atoms with Gasteiger partial charge in [0.1, 0.15) is 0 Å². The zero-order chi connectivity index (χ0) is 16.0. The molecule has 1 amide bonds. The topological polar surface area (TPSA) is 66.4 Å². The van der Waals surface area contributed by atoms with Gasteiger partial charge in [-0.15, -0.1) is 0 Å². The van der Waals surface area contributed by atoms with Crippen molar-refractivity contribution < 1.29 is 14.7 Å². The molecule has 2 N–H and O–H groups in total. The molecule has 4 nitrogen and oxygen atoms in total. The summed E-state index contributed by atoms with van der Waals surface area (Å²) in [6, 6.07) is 7.68. The van der Waals surface area contributed by atoms with Gasteiger partial charge in [-0.25, -0.2) is 0 Å². The molecule has 0 aliphatic heterocycles. The van der Waals surface area contributed by atoms with Gasteiger partial charge in [0.05, 0.1) is 5.41 Å². The van der Waals surface area contributed by atoms with E-state index in [0.717, 1.165) is 12.8 Å². The number of carbonyl (C=O) groups excluding carboxylic acids is 1. The molecule has 21 heavy (non-hydrogen) atoms. The maximum Gasteiger partial charge on any atom is 0.310 e. The number of aryl methyl sites for hydroxylation is 1. The first-order valence-corrected chi connectivity index (χ1v) is 7.41. The van der Waals surface area contributed by atoms with Crippen LogP contribution in [0.15, 0.2) is 24.3 Å². The van der Waals surface area contributed by atoms with Gasteiger partial charge in [0.2, 0.25) is 5.91 Å². The summed E-state index contributed by atoms with van der Waals surface area (Å²) >= 11 is 0. The summed E-state index contributed by atoms with van der Waals surface area (Å²) in [4.78, 5) is 23.5. The van der Waals surface area contributed by atoms with E-state index < -0.39 is 11.4 Å². The molecule has 0 fully saturated rings. The van der Waals surface area contributed by atoms with Gasteiger partial charge in [0.25, 0.3) is 0 Å². The molecule has 1 aromatic rings. The minimum absolute atomic E-state index is 0.0310. The lowest BCUT2D eigenvalue weighted by molar-refractivity contribution is -0.153. The van der Waals surface area contributed by atoms with E-state index in [-0.39, 0.29) is 18.2 Å². The number of amides is 1. The first kappa shape index (κ1) is 17.2. The van der Waals surface area contributed by atoms with Crippen molar-refractivity contribution in [3.63, 3.8) is 0 Å². The number of carboxylic acid groups (broad SMARTS) is 1. The zero-order valence-corrected chi connectivity index (χ0v) is 13.3. The number of benzene rings is 1. The van der Waals surface area contributed by atoms with E-state index in [0.29, 0.717) is 5.69 Å². The highest BCUT2D eigenvalue weighted by molar-refractivity contribution is 5.94. The summed E-state index contributed by atoms with van der Waals surface area (Å²) in [5.41, 5.74) is 0.885. The first-order valence-electron chi connectivity index (χ1n) is 7.41. The van der Waals surface area contributed by atoms with Gasteiger partial charge in [-0.3, -0.25) is 9.59 Å². The van der Waals surface area contributed by atoms with Crippen LogP contribution in [0.3, 0.4) is 0 Å². The van der Waals surface area contributed by atoms with Gasteiger partial charge in [0.15, 0.2) is 0 Å². The van der Waals surface area contributed by atoms with Crippen LogP contribution in [0.1, 0.15) is 46.1 Å². The van der Waals surface area contributed by atoms with Crippen LogP contribution < -0.4 is 5.32 Å². The van der Waals surface area contributed by atoms with Crippen molar-refractivity contribution in [2.75, 3.05) is 5.32 Å². The highest BCUT2D eigenvalue weighted by atomic mass is 16.4. The van der Waals surface area contributed by atoms with Gasteiger partial charge < -0.3 is 10.4 Å². The van der Waals surface area contributed by atoms with Crippen LogP contribution in [0.2, 0.25) is 0 Å². The zero-order valence-electron chi connectivity index (χ0n) is 13.3. The predicted molar refractivity (Wildman–Crippen MR) is 84.3 cm³/mol. The molecule has 0 heterocycles. The average Bonchev–Trinajstić information content (AvgIpc) is 2.40. The highest BCUT2D eigenvalue weighted by Gasteiger charge is 2.38. The summed E-state index contributed by atoms with van der Waals surface area (Å²) < 4.78 is 0. The molecule has 1 unspecified atom stereocenters. The lowest BCUT2D eigenvalue weighted by atomic mass is 9.76. The van der Waals surface area contributed by atoms with Gasteiger partial charge in [0, 0.05) is 12.1 Å². The highest BCUT2D eigenvalue weighted by Crippen LogP contribution is 2.31. The Morgan fingerprint density at radius 2 is 1.81 bits per heavy atom. The third kappa shape index (κ3) is 4.59. The first-order chi connectivity index (χ1) is 9.79. The molecule has 0 spiro atoms. The van der Waals surface area contributed by atoms with Gasteiger partial charge in [-0.05, 0) is 37.0 Å².